The maximum absolute atomic E-state index is 5.55. The van der Waals surface area contributed by atoms with E-state index in [-0.39, 0.29) is 10.8 Å². The van der Waals surface area contributed by atoms with Crippen LogP contribution in [0.5, 0.6) is 0 Å². The van der Waals surface area contributed by atoms with Crippen molar-refractivity contribution in [1.29, 1.82) is 0 Å². The number of nitrogens with zero attached hydrogens (tertiary/aromatic N) is 2. The molecule has 0 aliphatic heterocycles. The van der Waals surface area contributed by atoms with E-state index in [1.807, 2.05) is 0 Å². The lowest BCUT2D eigenvalue weighted by atomic mass is 9.43. The summed E-state index contributed by atoms with van der Waals surface area (Å²) < 4.78 is 0. The minimum atomic E-state index is -0.0378. The predicted octanol–water partition coefficient (Wildman–Crippen LogP) is 12.1. The number of aromatic nitrogens is 2. The summed E-state index contributed by atoms with van der Waals surface area (Å²) in [5.41, 5.74) is 18.1. The average Bonchev–Trinajstić information content (AvgIpc) is 3.57. The van der Waals surface area contributed by atoms with Crippen molar-refractivity contribution in [2.24, 2.45) is 23.7 Å². The molecule has 2 nitrogen and oxygen atoms in total. The second-order valence-electron chi connectivity index (χ2n) is 17.0. The van der Waals surface area contributed by atoms with Gasteiger partial charge in [0.15, 0.2) is 0 Å². The van der Waals surface area contributed by atoms with E-state index >= 15 is 0 Å². The molecule has 7 aromatic rings. The van der Waals surface area contributed by atoms with Gasteiger partial charge < -0.3 is 0 Å². The lowest BCUT2D eigenvalue weighted by molar-refractivity contribution is -0.0399. The monoisotopic (exact) mass is 656 g/mol. The smallest absolute Gasteiger partial charge is 0.0973 e. The van der Waals surface area contributed by atoms with E-state index in [2.05, 4.69) is 135 Å². The maximum atomic E-state index is 5.55. The van der Waals surface area contributed by atoms with Crippen molar-refractivity contribution in [1.82, 2.24) is 9.97 Å². The van der Waals surface area contributed by atoms with Crippen LogP contribution in [-0.2, 0) is 10.8 Å². The molecule has 1 heterocycles. The van der Waals surface area contributed by atoms with E-state index in [0.29, 0.717) is 11.8 Å². The Morgan fingerprint density at radius 3 is 1.98 bits per heavy atom. The Morgan fingerprint density at radius 1 is 0.490 bits per heavy atom. The number of hydrogen-bond acceptors (Lipinski definition) is 2. The van der Waals surface area contributed by atoms with Crippen molar-refractivity contribution < 1.29 is 0 Å². The molecule has 0 saturated heterocycles. The van der Waals surface area contributed by atoms with Crippen LogP contribution in [0.1, 0.15) is 68.2 Å². The fourth-order valence-electron chi connectivity index (χ4n) is 12.3. The predicted molar refractivity (Wildman–Crippen MR) is 209 cm³/mol. The van der Waals surface area contributed by atoms with Crippen LogP contribution in [0.2, 0.25) is 0 Å². The number of benzene rings is 6. The first-order chi connectivity index (χ1) is 25.0. The third-order valence-electron chi connectivity index (χ3n) is 14.2. The molecule has 0 amide bonds. The largest absolute Gasteiger partial charge is 0.244 e. The standard InChI is InChI=1S/C49H40N2/c1-48(2)40-15-9-8-14-36(40)38-27-43-39(26-42(38)48)37-25-32(16-18-41(37)49(43)33-21-28-20-29(23-33)24-34(49)22-28)46-45(31-11-4-3-5-12-31)50-44-19-17-30-10-6-7-13-35(30)47(44)51-46/h3-19,25-29,33-34H,20-24H2,1-2H3. The van der Waals surface area contributed by atoms with Crippen molar-refractivity contribution in [2.45, 2.75) is 56.8 Å². The average molecular weight is 657 g/mol. The Morgan fingerprint density at radius 2 is 1.16 bits per heavy atom. The van der Waals surface area contributed by atoms with Crippen molar-refractivity contribution >= 4 is 21.8 Å². The van der Waals surface area contributed by atoms with Crippen LogP contribution in [0.4, 0.5) is 0 Å². The molecule has 6 aliphatic rings. The highest BCUT2D eigenvalue weighted by Crippen LogP contribution is 2.70. The minimum Gasteiger partial charge on any atom is -0.244 e. The third kappa shape index (κ3) is 3.63. The van der Waals surface area contributed by atoms with E-state index in [1.165, 1.54) is 70.9 Å². The SMILES string of the molecule is CC1(C)c2ccccc2-c2cc3c(cc21)-c1cc(-c2nc4c(ccc5ccccc54)nc2-c2ccccc2)ccc1C31C2CC3CC(C2)CC1C3. The zero-order valence-electron chi connectivity index (χ0n) is 29.3. The van der Waals surface area contributed by atoms with Gasteiger partial charge >= 0.3 is 0 Å². The first-order valence-electron chi connectivity index (χ1n) is 19.2. The first-order valence-corrected chi connectivity index (χ1v) is 19.2. The molecule has 4 fully saturated rings. The molecule has 0 radical (unpaired) electrons. The summed E-state index contributed by atoms with van der Waals surface area (Å²) in [6, 6.07) is 45.5. The second-order valence-corrected chi connectivity index (χ2v) is 17.0. The van der Waals surface area contributed by atoms with Crippen LogP contribution in [0.3, 0.4) is 0 Å². The molecule has 246 valence electrons. The minimum absolute atomic E-state index is 0.0378. The topological polar surface area (TPSA) is 25.8 Å². The van der Waals surface area contributed by atoms with Crippen LogP contribution in [-0.4, -0.2) is 9.97 Å². The molecule has 6 aromatic carbocycles. The number of rotatable bonds is 2. The van der Waals surface area contributed by atoms with E-state index in [4.69, 9.17) is 9.97 Å². The van der Waals surface area contributed by atoms with Crippen molar-refractivity contribution in [2.75, 3.05) is 0 Å². The zero-order valence-corrected chi connectivity index (χ0v) is 29.3. The Bertz CT molecular complexity index is 2600. The fourth-order valence-corrected chi connectivity index (χ4v) is 12.3. The van der Waals surface area contributed by atoms with E-state index in [1.54, 1.807) is 11.1 Å². The highest BCUT2D eigenvalue weighted by molar-refractivity contribution is 6.05. The summed E-state index contributed by atoms with van der Waals surface area (Å²) in [7, 11) is 0. The van der Waals surface area contributed by atoms with E-state index < -0.39 is 0 Å². The van der Waals surface area contributed by atoms with Gasteiger partial charge in [0.25, 0.3) is 0 Å². The molecule has 13 rings (SSSR count). The van der Waals surface area contributed by atoms with Gasteiger partial charge in [0, 0.05) is 27.3 Å². The molecule has 6 aliphatic carbocycles. The van der Waals surface area contributed by atoms with Gasteiger partial charge in [-0.15, -0.1) is 0 Å². The van der Waals surface area contributed by atoms with Gasteiger partial charge in [-0.2, -0.15) is 0 Å². The molecule has 2 heteroatoms. The normalized spacial score (nSPS) is 25.7. The Kier molecular flexibility index (Phi) is 5.51. The van der Waals surface area contributed by atoms with Gasteiger partial charge in [-0.05, 0) is 130 Å². The van der Waals surface area contributed by atoms with Crippen LogP contribution in [0.15, 0.2) is 121 Å². The van der Waals surface area contributed by atoms with E-state index in [0.717, 1.165) is 50.8 Å². The summed E-state index contributed by atoms with van der Waals surface area (Å²) in [6.45, 7) is 4.85. The van der Waals surface area contributed by atoms with Crippen molar-refractivity contribution in [3.63, 3.8) is 0 Å². The maximum Gasteiger partial charge on any atom is 0.0973 e. The summed E-state index contributed by atoms with van der Waals surface area (Å²) in [4.78, 5) is 10.9. The van der Waals surface area contributed by atoms with Gasteiger partial charge in [-0.1, -0.05) is 111 Å². The number of hydrogen-bond donors (Lipinski definition) is 0. The van der Waals surface area contributed by atoms with Crippen LogP contribution < -0.4 is 0 Å². The second kappa shape index (κ2) is 9.82. The summed E-state index contributed by atoms with van der Waals surface area (Å²) in [6.07, 6.45) is 7.00. The fraction of sp³-hybridized carbons (Fsp3) is 0.265. The molecular weight excluding hydrogens is 617 g/mol. The van der Waals surface area contributed by atoms with Crippen molar-refractivity contribution in [3.05, 3.63) is 144 Å². The van der Waals surface area contributed by atoms with E-state index in [9.17, 15) is 0 Å². The summed E-state index contributed by atoms with van der Waals surface area (Å²) in [5, 5.41) is 2.35. The third-order valence-corrected chi connectivity index (χ3v) is 14.2. The van der Waals surface area contributed by atoms with Crippen LogP contribution in [0.25, 0.3) is 66.6 Å². The summed E-state index contributed by atoms with van der Waals surface area (Å²) in [5.74, 6) is 3.26. The molecule has 1 spiro atoms. The lowest BCUT2D eigenvalue weighted by Gasteiger charge is -2.61. The van der Waals surface area contributed by atoms with Crippen molar-refractivity contribution in [3.8, 4) is 44.8 Å². The molecule has 0 N–H and O–H groups in total. The summed E-state index contributed by atoms with van der Waals surface area (Å²) >= 11 is 0. The molecule has 4 bridgehead atoms. The molecule has 4 saturated carbocycles. The van der Waals surface area contributed by atoms with Gasteiger partial charge in [-0.25, -0.2) is 9.97 Å². The Hall–Kier alpha value is -5.08. The number of fused-ring (bicyclic) bond motifs is 9. The Labute approximate surface area is 299 Å². The van der Waals surface area contributed by atoms with Gasteiger partial charge in [0.1, 0.15) is 0 Å². The Balaban J connectivity index is 1.14. The molecule has 0 unspecified atom stereocenters. The zero-order chi connectivity index (χ0) is 33.6. The highest BCUT2D eigenvalue weighted by atomic mass is 14.8. The highest BCUT2D eigenvalue weighted by Gasteiger charge is 2.62. The lowest BCUT2D eigenvalue weighted by Crippen LogP contribution is -2.55. The van der Waals surface area contributed by atoms with Gasteiger partial charge in [-0.3, -0.25) is 0 Å². The molecular formula is C49H40N2. The molecule has 1 aromatic heterocycles. The molecule has 51 heavy (non-hydrogen) atoms. The first kappa shape index (κ1) is 28.6. The molecule has 0 atom stereocenters. The van der Waals surface area contributed by atoms with Gasteiger partial charge in [0.2, 0.25) is 0 Å². The van der Waals surface area contributed by atoms with Gasteiger partial charge in [0.05, 0.1) is 22.4 Å². The van der Waals surface area contributed by atoms with Crippen LogP contribution >= 0.6 is 0 Å². The van der Waals surface area contributed by atoms with Crippen LogP contribution in [0, 0.1) is 23.7 Å². The quantitative estimate of drug-likeness (QED) is 0.173.